The zero-order valence-electron chi connectivity index (χ0n) is 11.3. The van der Waals surface area contributed by atoms with Gasteiger partial charge >= 0.3 is 5.97 Å². The minimum absolute atomic E-state index is 0.00104. The van der Waals surface area contributed by atoms with E-state index in [9.17, 15) is 9.90 Å². The molecule has 0 unspecified atom stereocenters. The lowest BCUT2D eigenvalue weighted by Crippen LogP contribution is -2.32. The van der Waals surface area contributed by atoms with Crippen molar-refractivity contribution in [2.75, 3.05) is 18.1 Å². The van der Waals surface area contributed by atoms with Gasteiger partial charge in [-0.25, -0.2) is 4.79 Å². The van der Waals surface area contributed by atoms with Gasteiger partial charge in [0.2, 0.25) is 0 Å². The minimum Gasteiger partial charge on any atom is -0.508 e. The van der Waals surface area contributed by atoms with Crippen molar-refractivity contribution in [1.29, 1.82) is 0 Å². The van der Waals surface area contributed by atoms with E-state index >= 15 is 0 Å². The molecule has 3 rings (SSSR count). The predicted molar refractivity (Wildman–Crippen MR) is 78.1 cm³/mol. The van der Waals surface area contributed by atoms with E-state index < -0.39 is 5.97 Å². The van der Waals surface area contributed by atoms with Gasteiger partial charge in [0.05, 0.1) is 17.8 Å². The molecule has 2 N–H and O–H groups in total. The van der Waals surface area contributed by atoms with E-state index in [1.54, 1.807) is 6.07 Å². The summed E-state index contributed by atoms with van der Waals surface area (Å²) in [5.74, 6) is -0.224. The second-order valence-corrected chi connectivity index (χ2v) is 4.89. The number of aromatic carboxylic acids is 1. The Kier molecular flexibility index (Phi) is 3.39. The Labute approximate surface area is 122 Å². The summed E-state index contributed by atoms with van der Waals surface area (Å²) in [7, 11) is 0. The van der Waals surface area contributed by atoms with Gasteiger partial charge in [0.1, 0.15) is 18.1 Å². The zero-order valence-corrected chi connectivity index (χ0v) is 11.3. The van der Waals surface area contributed by atoms with Crippen LogP contribution >= 0.6 is 0 Å². The molecule has 5 nitrogen and oxygen atoms in total. The van der Waals surface area contributed by atoms with Crippen LogP contribution in [-0.4, -0.2) is 29.3 Å². The van der Waals surface area contributed by atoms with E-state index in [2.05, 4.69) is 4.90 Å². The van der Waals surface area contributed by atoms with Crippen molar-refractivity contribution in [3.63, 3.8) is 0 Å². The Morgan fingerprint density at radius 1 is 1.24 bits per heavy atom. The van der Waals surface area contributed by atoms with Gasteiger partial charge in [0.15, 0.2) is 0 Å². The lowest BCUT2D eigenvalue weighted by Gasteiger charge is -2.31. The van der Waals surface area contributed by atoms with Crippen LogP contribution in [0.15, 0.2) is 42.5 Å². The molecule has 2 aromatic carbocycles. The van der Waals surface area contributed by atoms with E-state index in [0.29, 0.717) is 18.7 Å². The quantitative estimate of drug-likeness (QED) is 0.906. The molecular weight excluding hydrogens is 270 g/mol. The monoisotopic (exact) mass is 285 g/mol. The van der Waals surface area contributed by atoms with E-state index in [1.165, 1.54) is 12.1 Å². The van der Waals surface area contributed by atoms with Gasteiger partial charge in [0, 0.05) is 12.1 Å². The zero-order chi connectivity index (χ0) is 14.8. The van der Waals surface area contributed by atoms with Crippen molar-refractivity contribution >= 4 is 11.7 Å². The van der Waals surface area contributed by atoms with Gasteiger partial charge < -0.3 is 19.8 Å². The van der Waals surface area contributed by atoms with Gasteiger partial charge in [-0.3, -0.25) is 0 Å². The predicted octanol–water partition coefficient (Wildman–Crippen LogP) is 2.49. The Morgan fingerprint density at radius 3 is 2.81 bits per heavy atom. The molecule has 0 aliphatic carbocycles. The summed E-state index contributed by atoms with van der Waals surface area (Å²) in [6.45, 7) is 1.81. The number of carboxylic acid groups (broad SMARTS) is 1. The minimum atomic E-state index is -1.05. The van der Waals surface area contributed by atoms with Gasteiger partial charge in [-0.05, 0) is 24.3 Å². The van der Waals surface area contributed by atoms with Crippen molar-refractivity contribution in [2.24, 2.45) is 0 Å². The van der Waals surface area contributed by atoms with Crippen molar-refractivity contribution < 1.29 is 19.7 Å². The molecule has 0 atom stereocenters. The molecule has 0 saturated heterocycles. The van der Waals surface area contributed by atoms with Crippen LogP contribution in [0, 0.1) is 0 Å². The van der Waals surface area contributed by atoms with Crippen LogP contribution in [0.2, 0.25) is 0 Å². The number of rotatable bonds is 3. The molecule has 0 radical (unpaired) electrons. The highest BCUT2D eigenvalue weighted by molar-refractivity contribution is 5.88. The van der Waals surface area contributed by atoms with Gasteiger partial charge in [-0.2, -0.15) is 0 Å². The van der Waals surface area contributed by atoms with Crippen LogP contribution in [0.25, 0.3) is 0 Å². The highest BCUT2D eigenvalue weighted by Gasteiger charge is 2.19. The van der Waals surface area contributed by atoms with E-state index in [-0.39, 0.29) is 11.3 Å². The fourth-order valence-electron chi connectivity index (χ4n) is 2.43. The summed E-state index contributed by atoms with van der Waals surface area (Å²) < 4.78 is 5.59. The molecule has 0 bridgehead atoms. The first-order chi connectivity index (χ1) is 10.1. The molecule has 1 aliphatic rings. The van der Waals surface area contributed by atoms with Crippen molar-refractivity contribution in [1.82, 2.24) is 0 Å². The largest absolute Gasteiger partial charge is 0.508 e. The molecule has 1 aliphatic heterocycles. The van der Waals surface area contributed by atoms with E-state index in [0.717, 1.165) is 18.0 Å². The number of aromatic hydroxyl groups is 1. The fraction of sp³-hybridized carbons (Fsp3) is 0.188. The van der Waals surface area contributed by atoms with Crippen molar-refractivity contribution in [3.05, 3.63) is 53.6 Å². The van der Waals surface area contributed by atoms with Gasteiger partial charge in [-0.1, -0.05) is 18.2 Å². The number of para-hydroxylation sites is 2. The topological polar surface area (TPSA) is 70.0 Å². The van der Waals surface area contributed by atoms with Gasteiger partial charge in [0.25, 0.3) is 0 Å². The van der Waals surface area contributed by atoms with E-state index in [1.807, 2.05) is 24.3 Å². The fourth-order valence-corrected chi connectivity index (χ4v) is 2.43. The standard InChI is InChI=1S/C16H15NO4/c18-14-9-11(16(19)20)5-6-12(14)10-17-7-8-21-15-4-2-1-3-13(15)17/h1-6,9,18H,7-8,10H2,(H,19,20). The molecule has 0 aromatic heterocycles. The molecule has 0 fully saturated rings. The highest BCUT2D eigenvalue weighted by atomic mass is 16.5. The van der Waals surface area contributed by atoms with Crippen LogP contribution in [0.4, 0.5) is 5.69 Å². The summed E-state index contributed by atoms with van der Waals surface area (Å²) in [4.78, 5) is 13.0. The first kappa shape index (κ1) is 13.3. The first-order valence-corrected chi connectivity index (χ1v) is 6.67. The molecule has 21 heavy (non-hydrogen) atoms. The number of fused-ring (bicyclic) bond motifs is 1. The van der Waals surface area contributed by atoms with Crippen LogP contribution in [0.1, 0.15) is 15.9 Å². The number of hydrogen-bond acceptors (Lipinski definition) is 4. The number of carboxylic acids is 1. The van der Waals surface area contributed by atoms with E-state index in [4.69, 9.17) is 9.84 Å². The molecule has 108 valence electrons. The normalized spacial score (nSPS) is 13.4. The summed E-state index contributed by atoms with van der Waals surface area (Å²) in [5.41, 5.74) is 1.75. The maximum atomic E-state index is 10.9. The molecule has 0 amide bonds. The van der Waals surface area contributed by atoms with Crippen LogP contribution in [0.5, 0.6) is 11.5 Å². The summed E-state index contributed by atoms with van der Waals surface area (Å²) in [6.07, 6.45) is 0. The number of phenols is 1. The maximum Gasteiger partial charge on any atom is 0.335 e. The summed E-state index contributed by atoms with van der Waals surface area (Å²) >= 11 is 0. The number of carbonyl (C=O) groups is 1. The Balaban J connectivity index is 1.86. The lowest BCUT2D eigenvalue weighted by molar-refractivity contribution is 0.0696. The number of benzene rings is 2. The third kappa shape index (κ3) is 2.63. The Bertz CT molecular complexity index is 684. The van der Waals surface area contributed by atoms with Crippen LogP contribution < -0.4 is 9.64 Å². The van der Waals surface area contributed by atoms with Crippen molar-refractivity contribution in [2.45, 2.75) is 6.54 Å². The second-order valence-electron chi connectivity index (χ2n) is 4.89. The second kappa shape index (κ2) is 5.36. The summed E-state index contributed by atoms with van der Waals surface area (Å²) in [5, 5.41) is 18.9. The average Bonchev–Trinajstić information content (AvgIpc) is 2.49. The number of hydrogen-bond donors (Lipinski definition) is 2. The summed E-state index contributed by atoms with van der Waals surface area (Å²) in [6, 6.07) is 12.2. The number of ether oxygens (including phenoxy) is 1. The first-order valence-electron chi connectivity index (χ1n) is 6.67. The molecule has 0 spiro atoms. The molecule has 0 saturated carbocycles. The molecule has 1 heterocycles. The smallest absolute Gasteiger partial charge is 0.335 e. The maximum absolute atomic E-state index is 10.9. The molecule has 5 heteroatoms. The van der Waals surface area contributed by atoms with Gasteiger partial charge in [-0.15, -0.1) is 0 Å². The number of phenolic OH excluding ortho intramolecular Hbond substituents is 1. The Morgan fingerprint density at radius 2 is 2.05 bits per heavy atom. The third-order valence-electron chi connectivity index (χ3n) is 3.52. The number of anilines is 1. The molecular formula is C16H15NO4. The van der Waals surface area contributed by atoms with Crippen LogP contribution in [-0.2, 0) is 6.54 Å². The molecule has 2 aromatic rings. The Hall–Kier alpha value is -2.69. The highest BCUT2D eigenvalue weighted by Crippen LogP contribution is 2.33. The van der Waals surface area contributed by atoms with Crippen LogP contribution in [0.3, 0.4) is 0 Å². The average molecular weight is 285 g/mol. The third-order valence-corrected chi connectivity index (χ3v) is 3.52. The lowest BCUT2D eigenvalue weighted by atomic mass is 10.1. The number of nitrogens with zero attached hydrogens (tertiary/aromatic N) is 1. The SMILES string of the molecule is O=C(O)c1ccc(CN2CCOc3ccccc32)c(O)c1. The van der Waals surface area contributed by atoms with Crippen molar-refractivity contribution in [3.8, 4) is 11.5 Å².